The van der Waals surface area contributed by atoms with Crippen LogP contribution >= 0.6 is 0 Å². The molecule has 3 aromatic rings. The highest BCUT2D eigenvalue weighted by molar-refractivity contribution is 5.87. The molecule has 1 aliphatic rings. The van der Waals surface area contributed by atoms with Gasteiger partial charge in [-0.1, -0.05) is 24.3 Å². The lowest BCUT2D eigenvalue weighted by molar-refractivity contribution is -0.137. The molecular weight excluding hydrogens is 382 g/mol. The zero-order valence-electron chi connectivity index (χ0n) is 17.6. The topological polar surface area (TPSA) is 66.9 Å². The summed E-state index contributed by atoms with van der Waals surface area (Å²) in [6, 6.07) is 11.8. The number of aryl methyl sites for hydroxylation is 1. The predicted octanol–water partition coefficient (Wildman–Crippen LogP) is 4.65. The summed E-state index contributed by atoms with van der Waals surface area (Å²) in [4.78, 5) is 17.4. The van der Waals surface area contributed by atoms with Gasteiger partial charge in [0.1, 0.15) is 5.75 Å². The normalized spacial score (nSPS) is 17.1. The first-order chi connectivity index (χ1) is 14.5. The minimum atomic E-state index is -0.436. The van der Waals surface area contributed by atoms with Gasteiger partial charge in [0.15, 0.2) is 12.0 Å². The molecule has 6 heteroatoms. The maximum absolute atomic E-state index is 13.0. The molecule has 1 unspecified atom stereocenters. The molecule has 0 aliphatic carbocycles. The minimum absolute atomic E-state index is 0.314. The molecule has 2 aromatic carbocycles. The molecule has 2 atom stereocenters. The summed E-state index contributed by atoms with van der Waals surface area (Å²) in [5, 5.41) is 2.09. The lowest BCUT2D eigenvalue weighted by Gasteiger charge is -2.17. The van der Waals surface area contributed by atoms with Crippen LogP contribution in [0.15, 0.2) is 42.6 Å². The Balaban J connectivity index is 1.59. The molecule has 0 N–H and O–H groups in total. The van der Waals surface area contributed by atoms with Crippen LogP contribution in [0.2, 0.25) is 0 Å². The van der Waals surface area contributed by atoms with Gasteiger partial charge in [-0.3, -0.25) is 9.78 Å². The van der Waals surface area contributed by atoms with Crippen LogP contribution in [0.1, 0.15) is 42.1 Å². The van der Waals surface area contributed by atoms with E-state index in [0.29, 0.717) is 24.7 Å². The zero-order chi connectivity index (χ0) is 21.3. The van der Waals surface area contributed by atoms with Crippen LogP contribution in [-0.2, 0) is 27.5 Å². The standard InChI is InChI=1S/C24H25NO5/c1-14(17-5-6-19-10-21(27-4)8-7-18(19)9-17)24(26)30-23-15(2)25-11-20-12-28-16(3)29-13-22(20)23/h5-11,14,16H,12-13H2,1-4H3/t14-,16?/m0/s1. The summed E-state index contributed by atoms with van der Waals surface area (Å²) in [6.07, 6.45) is 1.43. The van der Waals surface area contributed by atoms with Crippen LogP contribution in [0.4, 0.5) is 0 Å². The van der Waals surface area contributed by atoms with Crippen molar-refractivity contribution in [2.75, 3.05) is 7.11 Å². The van der Waals surface area contributed by atoms with Gasteiger partial charge in [0.2, 0.25) is 0 Å². The lowest BCUT2D eigenvalue weighted by atomic mass is 9.97. The molecule has 0 saturated heterocycles. The molecule has 4 rings (SSSR count). The van der Waals surface area contributed by atoms with Crippen molar-refractivity contribution in [3.05, 3.63) is 65.0 Å². The van der Waals surface area contributed by atoms with E-state index in [-0.39, 0.29) is 12.3 Å². The number of rotatable bonds is 4. The van der Waals surface area contributed by atoms with Crippen LogP contribution in [0, 0.1) is 6.92 Å². The molecule has 0 amide bonds. The third-order valence-electron chi connectivity index (χ3n) is 5.47. The van der Waals surface area contributed by atoms with Crippen LogP contribution in [0.25, 0.3) is 10.8 Å². The van der Waals surface area contributed by atoms with Crippen molar-refractivity contribution in [3.63, 3.8) is 0 Å². The maximum atomic E-state index is 13.0. The molecule has 2 heterocycles. The first-order valence-electron chi connectivity index (χ1n) is 9.96. The van der Waals surface area contributed by atoms with Gasteiger partial charge in [-0.2, -0.15) is 0 Å². The summed E-state index contributed by atoms with van der Waals surface area (Å²) in [5.74, 6) is 0.497. The summed E-state index contributed by atoms with van der Waals surface area (Å²) >= 11 is 0. The largest absolute Gasteiger partial charge is 0.497 e. The van der Waals surface area contributed by atoms with Crippen LogP contribution < -0.4 is 9.47 Å². The Bertz CT molecular complexity index is 1090. The van der Waals surface area contributed by atoms with E-state index in [1.165, 1.54) is 0 Å². The van der Waals surface area contributed by atoms with E-state index < -0.39 is 5.92 Å². The Morgan fingerprint density at radius 1 is 1.13 bits per heavy atom. The molecule has 0 bridgehead atoms. The first-order valence-corrected chi connectivity index (χ1v) is 9.96. The Morgan fingerprint density at radius 3 is 2.67 bits per heavy atom. The lowest BCUT2D eigenvalue weighted by Crippen LogP contribution is -2.18. The average molecular weight is 407 g/mol. The minimum Gasteiger partial charge on any atom is -0.497 e. The molecular formula is C24H25NO5. The number of fused-ring (bicyclic) bond motifs is 2. The fourth-order valence-corrected chi connectivity index (χ4v) is 3.51. The Labute approximate surface area is 175 Å². The van der Waals surface area contributed by atoms with E-state index in [9.17, 15) is 4.79 Å². The number of esters is 1. The van der Waals surface area contributed by atoms with Crippen LogP contribution in [0.3, 0.4) is 0 Å². The Hall–Kier alpha value is -2.96. The average Bonchev–Trinajstić information content (AvgIpc) is 2.96. The maximum Gasteiger partial charge on any atom is 0.318 e. The summed E-state index contributed by atoms with van der Waals surface area (Å²) in [6.45, 7) is 6.20. The van der Waals surface area contributed by atoms with Gasteiger partial charge >= 0.3 is 5.97 Å². The third-order valence-corrected chi connectivity index (χ3v) is 5.47. The van der Waals surface area contributed by atoms with E-state index in [1.807, 2.05) is 57.2 Å². The van der Waals surface area contributed by atoms with Crippen molar-refractivity contribution < 1.29 is 23.7 Å². The number of ether oxygens (including phenoxy) is 4. The molecule has 6 nitrogen and oxygen atoms in total. The van der Waals surface area contributed by atoms with Gasteiger partial charge in [-0.25, -0.2) is 0 Å². The summed E-state index contributed by atoms with van der Waals surface area (Å²) in [5.41, 5.74) is 3.23. The van der Waals surface area contributed by atoms with E-state index >= 15 is 0 Å². The second kappa shape index (κ2) is 8.42. The quantitative estimate of drug-likeness (QED) is 0.587. The second-order valence-electron chi connectivity index (χ2n) is 7.48. The van der Waals surface area contributed by atoms with Gasteiger partial charge in [0, 0.05) is 17.3 Å². The number of nitrogens with zero attached hydrogens (tertiary/aromatic N) is 1. The van der Waals surface area contributed by atoms with Gasteiger partial charge in [0.05, 0.1) is 31.9 Å². The van der Waals surface area contributed by atoms with Crippen molar-refractivity contribution in [1.29, 1.82) is 0 Å². The number of hydrogen-bond acceptors (Lipinski definition) is 6. The SMILES string of the molecule is COc1ccc2cc([C@H](C)C(=O)Oc3c(C)ncc4c3COC(C)OC4)ccc2c1. The number of aromatic nitrogens is 1. The van der Waals surface area contributed by atoms with Crippen molar-refractivity contribution in [2.24, 2.45) is 0 Å². The second-order valence-corrected chi connectivity index (χ2v) is 7.48. The zero-order valence-corrected chi connectivity index (χ0v) is 17.6. The highest BCUT2D eigenvalue weighted by Gasteiger charge is 2.24. The molecule has 0 saturated carbocycles. The number of carbonyl (C=O) groups is 1. The van der Waals surface area contributed by atoms with Gasteiger partial charge in [0.25, 0.3) is 0 Å². The van der Waals surface area contributed by atoms with E-state index in [2.05, 4.69) is 4.98 Å². The van der Waals surface area contributed by atoms with Gasteiger partial charge in [-0.15, -0.1) is 0 Å². The van der Waals surface area contributed by atoms with Crippen molar-refractivity contribution in [1.82, 2.24) is 4.98 Å². The molecule has 1 aromatic heterocycles. The third kappa shape index (κ3) is 4.01. The monoisotopic (exact) mass is 407 g/mol. The number of pyridine rings is 1. The van der Waals surface area contributed by atoms with E-state index in [4.69, 9.17) is 18.9 Å². The summed E-state index contributed by atoms with van der Waals surface area (Å²) in [7, 11) is 1.65. The number of benzene rings is 2. The number of methoxy groups -OCH3 is 1. The fraction of sp³-hybridized carbons (Fsp3) is 0.333. The highest BCUT2D eigenvalue weighted by atomic mass is 16.7. The van der Waals surface area contributed by atoms with Gasteiger partial charge in [-0.05, 0) is 49.2 Å². The van der Waals surface area contributed by atoms with Crippen LogP contribution in [0.5, 0.6) is 11.5 Å². The van der Waals surface area contributed by atoms with Crippen molar-refractivity contribution in [3.8, 4) is 11.5 Å². The van der Waals surface area contributed by atoms with Crippen molar-refractivity contribution >= 4 is 16.7 Å². The molecule has 30 heavy (non-hydrogen) atoms. The van der Waals surface area contributed by atoms with Gasteiger partial charge < -0.3 is 18.9 Å². The molecule has 0 radical (unpaired) electrons. The smallest absolute Gasteiger partial charge is 0.318 e. The van der Waals surface area contributed by atoms with Crippen molar-refractivity contribution in [2.45, 2.75) is 46.2 Å². The summed E-state index contributed by atoms with van der Waals surface area (Å²) < 4.78 is 22.4. The predicted molar refractivity (Wildman–Crippen MR) is 113 cm³/mol. The fourth-order valence-electron chi connectivity index (χ4n) is 3.51. The first kappa shape index (κ1) is 20.3. The highest BCUT2D eigenvalue weighted by Crippen LogP contribution is 2.32. The molecule has 0 spiro atoms. The van der Waals surface area contributed by atoms with Crippen LogP contribution in [-0.4, -0.2) is 24.4 Å². The Kier molecular flexibility index (Phi) is 5.70. The molecule has 1 aliphatic heterocycles. The molecule has 0 fully saturated rings. The number of hydrogen-bond donors (Lipinski definition) is 0. The van der Waals surface area contributed by atoms with E-state index in [1.54, 1.807) is 13.3 Å². The number of carbonyl (C=O) groups excluding carboxylic acids is 1. The van der Waals surface area contributed by atoms with E-state index in [0.717, 1.165) is 33.2 Å². The molecule has 156 valence electrons. The Morgan fingerprint density at radius 2 is 1.87 bits per heavy atom.